The van der Waals surface area contributed by atoms with Crippen LogP contribution < -0.4 is 10.2 Å². The van der Waals surface area contributed by atoms with E-state index in [1.54, 1.807) is 6.08 Å². The summed E-state index contributed by atoms with van der Waals surface area (Å²) in [6.45, 7) is 4.62. The van der Waals surface area contributed by atoms with Crippen LogP contribution in [0.15, 0.2) is 48.6 Å². The molecule has 364 valence electrons. The van der Waals surface area contributed by atoms with Crippen molar-refractivity contribution in [2.24, 2.45) is 0 Å². The van der Waals surface area contributed by atoms with Crippen LogP contribution in [0.5, 0.6) is 0 Å². The highest BCUT2D eigenvalue weighted by Crippen LogP contribution is 2.38. The molecule has 0 heterocycles. The zero-order chi connectivity index (χ0) is 45.7. The summed E-state index contributed by atoms with van der Waals surface area (Å²) in [7, 11) is 1.24. The minimum atomic E-state index is -4.60. The molecule has 0 saturated heterocycles. The van der Waals surface area contributed by atoms with E-state index in [1.165, 1.54) is 167 Å². The summed E-state index contributed by atoms with van der Waals surface area (Å²) in [5.41, 5.74) is 0. The lowest BCUT2D eigenvalue weighted by Crippen LogP contribution is -2.45. The zero-order valence-electron chi connectivity index (χ0n) is 41.3. The van der Waals surface area contributed by atoms with E-state index in [2.05, 4.69) is 55.6 Å². The van der Waals surface area contributed by atoms with Crippen molar-refractivity contribution in [2.75, 3.05) is 40.9 Å². The molecule has 9 heteroatoms. The van der Waals surface area contributed by atoms with Crippen LogP contribution in [0.4, 0.5) is 0 Å². The Morgan fingerprint density at radius 3 is 1.40 bits per heavy atom. The second kappa shape index (κ2) is 44.7. The van der Waals surface area contributed by atoms with Gasteiger partial charge in [-0.05, 0) is 64.2 Å². The molecule has 0 spiro atoms. The Kier molecular flexibility index (Phi) is 43.5. The topological polar surface area (TPSA) is 108 Å². The fraction of sp³-hybridized carbons (Fsp3) is 0.830. The molecule has 0 saturated carbocycles. The molecular weight excluding hydrogens is 792 g/mol. The van der Waals surface area contributed by atoms with Crippen molar-refractivity contribution in [1.29, 1.82) is 0 Å². The van der Waals surface area contributed by atoms with E-state index in [0.29, 0.717) is 17.4 Å². The lowest BCUT2D eigenvalue weighted by atomic mass is 10.0. The fourth-order valence-corrected chi connectivity index (χ4v) is 8.10. The minimum Gasteiger partial charge on any atom is -0.756 e. The van der Waals surface area contributed by atoms with Crippen molar-refractivity contribution in [3.63, 3.8) is 0 Å². The van der Waals surface area contributed by atoms with Crippen molar-refractivity contribution in [3.05, 3.63) is 48.6 Å². The van der Waals surface area contributed by atoms with Crippen LogP contribution in [0.3, 0.4) is 0 Å². The van der Waals surface area contributed by atoms with Gasteiger partial charge in [-0.1, -0.05) is 210 Å². The van der Waals surface area contributed by atoms with Gasteiger partial charge in [0.25, 0.3) is 7.82 Å². The lowest BCUT2D eigenvalue weighted by molar-refractivity contribution is -0.870. The summed E-state index contributed by atoms with van der Waals surface area (Å²) in [6, 6.07) is -0.903. The molecule has 0 aliphatic heterocycles. The summed E-state index contributed by atoms with van der Waals surface area (Å²) >= 11 is 0. The molecule has 0 aliphatic rings. The van der Waals surface area contributed by atoms with Gasteiger partial charge in [0.1, 0.15) is 13.2 Å². The van der Waals surface area contributed by atoms with Crippen LogP contribution in [0.1, 0.15) is 232 Å². The minimum absolute atomic E-state index is 0.00697. The molecule has 1 amide bonds. The van der Waals surface area contributed by atoms with Gasteiger partial charge in [-0.2, -0.15) is 0 Å². The van der Waals surface area contributed by atoms with Crippen molar-refractivity contribution in [2.45, 2.75) is 244 Å². The molecule has 62 heavy (non-hydrogen) atoms. The summed E-state index contributed by atoms with van der Waals surface area (Å²) in [4.78, 5) is 25.4. The number of carbonyl (C=O) groups excluding carboxylic acids is 1. The molecule has 3 atom stereocenters. The Balaban J connectivity index is 4.26. The number of hydrogen-bond donors (Lipinski definition) is 2. The van der Waals surface area contributed by atoms with Crippen LogP contribution in [0.2, 0.25) is 0 Å². The van der Waals surface area contributed by atoms with Gasteiger partial charge < -0.3 is 28.8 Å². The van der Waals surface area contributed by atoms with Gasteiger partial charge in [0, 0.05) is 6.42 Å². The van der Waals surface area contributed by atoms with E-state index >= 15 is 0 Å². The lowest BCUT2D eigenvalue weighted by Gasteiger charge is -2.29. The number of phosphoric acid groups is 1. The van der Waals surface area contributed by atoms with Gasteiger partial charge in [-0.3, -0.25) is 9.36 Å². The third-order valence-electron chi connectivity index (χ3n) is 11.5. The van der Waals surface area contributed by atoms with Crippen LogP contribution in [0.25, 0.3) is 0 Å². The molecule has 3 unspecified atom stereocenters. The normalized spacial score (nSPS) is 14.5. The maximum Gasteiger partial charge on any atom is 0.268 e. The largest absolute Gasteiger partial charge is 0.756 e. The van der Waals surface area contributed by atoms with E-state index < -0.39 is 26.6 Å². The van der Waals surface area contributed by atoms with Gasteiger partial charge in [0.05, 0.1) is 39.9 Å². The Morgan fingerprint density at radius 1 is 0.565 bits per heavy atom. The summed E-state index contributed by atoms with van der Waals surface area (Å²) in [5.74, 6) is -0.208. The number of hydrogen-bond acceptors (Lipinski definition) is 6. The van der Waals surface area contributed by atoms with E-state index in [-0.39, 0.29) is 12.5 Å². The molecular formula is C53H101N2O6P. The first kappa shape index (κ1) is 60.5. The first-order valence-corrected chi connectivity index (χ1v) is 27.5. The van der Waals surface area contributed by atoms with E-state index in [9.17, 15) is 19.4 Å². The Bertz CT molecular complexity index is 1150. The molecule has 0 aliphatic carbocycles. The highest BCUT2D eigenvalue weighted by Gasteiger charge is 2.23. The number of allylic oxidation sites excluding steroid dienone is 7. The number of nitrogens with one attached hydrogen (secondary N) is 1. The van der Waals surface area contributed by atoms with E-state index in [0.717, 1.165) is 44.9 Å². The van der Waals surface area contributed by atoms with Crippen molar-refractivity contribution in [3.8, 4) is 0 Å². The third kappa shape index (κ3) is 46.5. The Morgan fingerprint density at radius 2 is 0.952 bits per heavy atom. The second-order valence-corrected chi connectivity index (χ2v) is 20.3. The van der Waals surface area contributed by atoms with Gasteiger partial charge in [-0.15, -0.1) is 0 Å². The summed E-state index contributed by atoms with van der Waals surface area (Å²) < 4.78 is 23.3. The molecule has 8 nitrogen and oxygen atoms in total. The highest BCUT2D eigenvalue weighted by atomic mass is 31.2. The number of unbranched alkanes of at least 4 members (excludes halogenated alkanes) is 28. The monoisotopic (exact) mass is 893 g/mol. The van der Waals surface area contributed by atoms with Crippen LogP contribution in [0, 0.1) is 0 Å². The van der Waals surface area contributed by atoms with E-state index in [1.807, 2.05) is 27.2 Å². The predicted octanol–water partition coefficient (Wildman–Crippen LogP) is 14.6. The fourth-order valence-electron chi connectivity index (χ4n) is 7.38. The maximum absolute atomic E-state index is 12.9. The molecule has 2 N–H and O–H groups in total. The third-order valence-corrected chi connectivity index (χ3v) is 12.5. The van der Waals surface area contributed by atoms with Gasteiger partial charge in [-0.25, -0.2) is 0 Å². The first-order chi connectivity index (χ1) is 30.0. The molecule has 0 rings (SSSR count). The van der Waals surface area contributed by atoms with Gasteiger partial charge >= 0.3 is 0 Å². The number of likely N-dealkylation sites (N-methyl/N-ethyl adjacent to an activating group) is 1. The molecule has 0 fully saturated rings. The number of rotatable bonds is 47. The molecule has 0 aromatic carbocycles. The van der Waals surface area contributed by atoms with Crippen LogP contribution >= 0.6 is 7.82 Å². The van der Waals surface area contributed by atoms with Crippen molar-refractivity contribution < 1.29 is 32.9 Å². The Labute approximate surface area is 384 Å². The smallest absolute Gasteiger partial charge is 0.268 e. The predicted molar refractivity (Wildman–Crippen MR) is 265 cm³/mol. The van der Waals surface area contributed by atoms with E-state index in [4.69, 9.17) is 9.05 Å². The number of aliphatic hydroxyl groups excluding tert-OH is 1. The molecule has 0 bridgehead atoms. The number of nitrogens with zero attached hydrogens (tertiary/aromatic N) is 1. The number of carbonyl (C=O) groups is 1. The standard InChI is InChI=1S/C53H101N2O6P/c1-6-8-10-12-14-16-18-20-22-23-24-25-26-27-28-29-30-31-33-35-37-39-41-43-45-47-53(57)54-51(50-61-62(58,59)60-49-48-55(3,4)5)52(56)46-44-42-40-38-36-34-32-21-19-17-15-13-11-9-7-2/h18,20,23-24,36,38,44,46,51-52,56H,6-17,19,21-22,25-35,37,39-43,45,47-50H2,1-5H3,(H-,54,57,58,59)/b20-18-,24-23-,38-36+,46-44+. The highest BCUT2D eigenvalue weighted by molar-refractivity contribution is 7.45. The number of quaternary nitrogens is 1. The van der Waals surface area contributed by atoms with Crippen molar-refractivity contribution in [1.82, 2.24) is 5.32 Å². The maximum atomic E-state index is 12.9. The zero-order valence-corrected chi connectivity index (χ0v) is 42.2. The number of amides is 1. The number of phosphoric ester groups is 1. The molecule has 0 radical (unpaired) electrons. The van der Waals surface area contributed by atoms with Gasteiger partial charge in [0.15, 0.2) is 0 Å². The number of aliphatic hydroxyl groups is 1. The average molecular weight is 893 g/mol. The summed E-state index contributed by atoms with van der Waals surface area (Å²) in [6.07, 6.45) is 57.4. The SMILES string of the molecule is CCCCCCC/C=C\C/C=C\CCCCCCCCCCCCCCCC(=O)NC(COP(=O)([O-])OCC[N+](C)(C)C)C(O)/C=C/CC/C=C/CCCCCCCCCCC. The first-order valence-electron chi connectivity index (χ1n) is 26.0. The molecule has 0 aromatic rings. The molecule has 0 aromatic heterocycles. The van der Waals surface area contributed by atoms with Crippen LogP contribution in [-0.2, 0) is 18.4 Å². The van der Waals surface area contributed by atoms with Gasteiger partial charge in [0.2, 0.25) is 5.91 Å². The average Bonchev–Trinajstić information content (AvgIpc) is 3.23. The van der Waals surface area contributed by atoms with Crippen molar-refractivity contribution >= 4 is 13.7 Å². The quantitative estimate of drug-likeness (QED) is 0.0273. The summed E-state index contributed by atoms with van der Waals surface area (Å²) in [5, 5.41) is 13.8. The second-order valence-electron chi connectivity index (χ2n) is 18.9. The van der Waals surface area contributed by atoms with Crippen LogP contribution in [-0.4, -0.2) is 68.5 Å². The Hall–Kier alpha value is -1.54.